The zero-order valence-corrected chi connectivity index (χ0v) is 16.6. The van der Waals surface area contributed by atoms with Gasteiger partial charge in [-0.2, -0.15) is 0 Å². The number of fused-ring (bicyclic) bond motifs is 2. The van der Waals surface area contributed by atoms with Crippen LogP contribution in [-0.4, -0.2) is 36.4 Å². The molecule has 0 aromatic heterocycles. The first-order valence-corrected chi connectivity index (χ1v) is 9.23. The minimum absolute atomic E-state index is 0.0155. The summed E-state index contributed by atoms with van der Waals surface area (Å²) < 4.78 is 12.2. The maximum Gasteiger partial charge on any atom is 0.253 e. The van der Waals surface area contributed by atoms with Crippen molar-refractivity contribution in [3.63, 3.8) is 0 Å². The number of phenols is 6. The summed E-state index contributed by atoms with van der Waals surface area (Å²) in [6.45, 7) is 7.52. The molecule has 0 radical (unpaired) electrons. The first kappa shape index (κ1) is 19.2. The molecule has 0 aliphatic carbocycles. The average molecular weight is 404 g/mol. The van der Waals surface area contributed by atoms with Crippen LogP contribution in [0.25, 0.3) is 0 Å². The summed E-state index contributed by atoms with van der Waals surface area (Å²) in [7, 11) is 0. The van der Waals surface area contributed by atoms with Crippen molar-refractivity contribution in [1.82, 2.24) is 0 Å². The lowest BCUT2D eigenvalue weighted by Gasteiger charge is -2.51. The Balaban J connectivity index is 1.91. The van der Waals surface area contributed by atoms with E-state index in [-0.39, 0.29) is 11.5 Å². The van der Waals surface area contributed by atoms with Crippen LogP contribution in [0, 0.1) is 0 Å². The summed E-state index contributed by atoms with van der Waals surface area (Å²) in [6, 6.07) is 2.70. The third kappa shape index (κ3) is 2.58. The molecule has 1 spiro atoms. The quantitative estimate of drug-likeness (QED) is 0.367. The van der Waals surface area contributed by atoms with Crippen LogP contribution in [0.1, 0.15) is 51.7 Å². The number of benzene rings is 2. The molecule has 2 aromatic rings. The van der Waals surface area contributed by atoms with Crippen LogP contribution >= 0.6 is 0 Å². The zero-order valence-electron chi connectivity index (χ0n) is 16.6. The molecule has 2 aromatic carbocycles. The molecule has 4 rings (SSSR count). The van der Waals surface area contributed by atoms with E-state index in [0.29, 0.717) is 24.0 Å². The Kier molecular flexibility index (Phi) is 3.61. The van der Waals surface area contributed by atoms with E-state index in [2.05, 4.69) is 0 Å². The van der Waals surface area contributed by atoms with Gasteiger partial charge in [0.25, 0.3) is 5.79 Å². The monoisotopic (exact) mass is 404 g/mol. The Labute approximate surface area is 167 Å². The zero-order chi connectivity index (χ0) is 21.5. The summed E-state index contributed by atoms with van der Waals surface area (Å²) in [5.41, 5.74) is -0.279. The first-order chi connectivity index (χ1) is 13.3. The summed E-state index contributed by atoms with van der Waals surface area (Å²) >= 11 is 0. The van der Waals surface area contributed by atoms with Crippen LogP contribution in [-0.2, 0) is 10.8 Å². The van der Waals surface area contributed by atoms with Crippen molar-refractivity contribution < 1.29 is 40.1 Å². The molecule has 0 saturated carbocycles. The molecule has 29 heavy (non-hydrogen) atoms. The van der Waals surface area contributed by atoms with Gasteiger partial charge in [-0.25, -0.2) is 0 Å². The smallest absolute Gasteiger partial charge is 0.253 e. The number of hydrogen-bond acceptors (Lipinski definition) is 8. The van der Waals surface area contributed by atoms with Crippen LogP contribution < -0.4 is 9.47 Å². The molecule has 2 heterocycles. The molecule has 0 saturated heterocycles. The number of rotatable bonds is 0. The molecule has 8 heteroatoms. The molecule has 156 valence electrons. The van der Waals surface area contributed by atoms with Gasteiger partial charge >= 0.3 is 0 Å². The van der Waals surface area contributed by atoms with Gasteiger partial charge in [-0.15, -0.1) is 0 Å². The van der Waals surface area contributed by atoms with E-state index in [1.165, 1.54) is 12.1 Å². The minimum Gasteiger partial charge on any atom is -0.504 e. The normalized spacial score (nSPS) is 20.3. The molecule has 2 aliphatic rings. The number of hydrogen-bond donors (Lipinski definition) is 6. The van der Waals surface area contributed by atoms with Gasteiger partial charge in [-0.3, -0.25) is 0 Å². The highest BCUT2D eigenvalue weighted by Crippen LogP contribution is 2.60. The fourth-order valence-electron chi connectivity index (χ4n) is 4.60. The van der Waals surface area contributed by atoms with Gasteiger partial charge in [0.2, 0.25) is 23.0 Å². The maximum atomic E-state index is 10.4. The van der Waals surface area contributed by atoms with Crippen molar-refractivity contribution in [2.75, 3.05) is 0 Å². The van der Waals surface area contributed by atoms with Crippen LogP contribution in [0.5, 0.6) is 46.0 Å². The van der Waals surface area contributed by atoms with Crippen molar-refractivity contribution in [2.24, 2.45) is 0 Å². The molecule has 6 N–H and O–H groups in total. The molecule has 0 amide bonds. The highest BCUT2D eigenvalue weighted by molar-refractivity contribution is 5.65. The third-order valence-corrected chi connectivity index (χ3v) is 5.87. The molecule has 0 unspecified atom stereocenters. The second-order valence-corrected chi connectivity index (χ2v) is 9.18. The predicted octanol–water partition coefficient (Wildman–Crippen LogP) is 3.44. The van der Waals surface area contributed by atoms with Gasteiger partial charge in [0.1, 0.15) is 0 Å². The van der Waals surface area contributed by atoms with Crippen LogP contribution in [0.3, 0.4) is 0 Å². The SMILES string of the molecule is CC1(C)CC2(CC(C)(C)c3cc(O)c(O)c(O)c3O2)Oc2c1cc(O)c(O)c2O. The van der Waals surface area contributed by atoms with E-state index in [4.69, 9.17) is 9.47 Å². The summed E-state index contributed by atoms with van der Waals surface area (Å²) in [6.07, 6.45) is 0.585. The third-order valence-electron chi connectivity index (χ3n) is 5.87. The van der Waals surface area contributed by atoms with Gasteiger partial charge in [0, 0.05) is 34.8 Å². The van der Waals surface area contributed by atoms with Gasteiger partial charge in [0.15, 0.2) is 23.0 Å². The van der Waals surface area contributed by atoms with Gasteiger partial charge < -0.3 is 40.1 Å². The minimum atomic E-state index is -1.34. The Bertz CT molecular complexity index is 954. The predicted molar refractivity (Wildman–Crippen MR) is 102 cm³/mol. The summed E-state index contributed by atoms with van der Waals surface area (Å²) in [5.74, 6) is -4.88. The lowest BCUT2D eigenvalue weighted by atomic mass is 9.69. The number of aromatic hydroxyl groups is 6. The van der Waals surface area contributed by atoms with Crippen LogP contribution in [0.4, 0.5) is 0 Å². The molecule has 8 nitrogen and oxygen atoms in total. The van der Waals surface area contributed by atoms with E-state index in [1.807, 2.05) is 27.7 Å². The van der Waals surface area contributed by atoms with E-state index in [0.717, 1.165) is 0 Å². The Morgan fingerprint density at radius 2 is 0.966 bits per heavy atom. The van der Waals surface area contributed by atoms with Crippen molar-refractivity contribution in [3.05, 3.63) is 23.3 Å². The molecule has 2 aliphatic heterocycles. The maximum absolute atomic E-state index is 10.4. The van der Waals surface area contributed by atoms with Crippen molar-refractivity contribution in [1.29, 1.82) is 0 Å². The molecule has 0 atom stereocenters. The highest BCUT2D eigenvalue weighted by atomic mass is 16.7. The second kappa shape index (κ2) is 5.46. The number of phenolic OH excluding ortho intramolecular Hbond substituents is 6. The Hall–Kier alpha value is -3.16. The van der Waals surface area contributed by atoms with E-state index in [1.54, 1.807) is 0 Å². The Morgan fingerprint density at radius 1 is 0.621 bits per heavy atom. The van der Waals surface area contributed by atoms with Gasteiger partial charge in [-0.05, 0) is 12.1 Å². The first-order valence-electron chi connectivity index (χ1n) is 9.23. The topological polar surface area (TPSA) is 140 Å². The van der Waals surface area contributed by atoms with Crippen molar-refractivity contribution in [2.45, 2.75) is 57.2 Å². The van der Waals surface area contributed by atoms with Crippen LogP contribution in [0.2, 0.25) is 0 Å². The fraction of sp³-hybridized carbons (Fsp3) is 0.429. The fourth-order valence-corrected chi connectivity index (χ4v) is 4.60. The van der Waals surface area contributed by atoms with E-state index >= 15 is 0 Å². The van der Waals surface area contributed by atoms with Gasteiger partial charge in [-0.1, -0.05) is 27.7 Å². The summed E-state index contributed by atoms with van der Waals surface area (Å²) in [5, 5.41) is 60.6. The lowest BCUT2D eigenvalue weighted by molar-refractivity contribution is -0.168. The molecule has 0 fully saturated rings. The number of ether oxygens (including phenoxy) is 2. The van der Waals surface area contributed by atoms with E-state index in [9.17, 15) is 30.6 Å². The summed E-state index contributed by atoms with van der Waals surface area (Å²) in [4.78, 5) is 0. The largest absolute Gasteiger partial charge is 0.504 e. The van der Waals surface area contributed by atoms with E-state index < -0.39 is 51.1 Å². The molecular weight excluding hydrogens is 380 g/mol. The van der Waals surface area contributed by atoms with Crippen molar-refractivity contribution >= 4 is 0 Å². The molecular formula is C21H24O8. The van der Waals surface area contributed by atoms with Gasteiger partial charge in [0.05, 0.1) is 0 Å². The average Bonchev–Trinajstić information content (AvgIpc) is 2.60. The van der Waals surface area contributed by atoms with Crippen LogP contribution in [0.15, 0.2) is 12.1 Å². The molecule has 0 bridgehead atoms. The second-order valence-electron chi connectivity index (χ2n) is 9.18. The Morgan fingerprint density at radius 3 is 1.31 bits per heavy atom. The highest BCUT2D eigenvalue weighted by Gasteiger charge is 2.55. The lowest BCUT2D eigenvalue weighted by Crippen LogP contribution is -2.55. The standard InChI is InChI=1S/C21H24O8/c1-19(2)7-21(28-17-9(19)5-11(22)13(24)15(17)26)8-20(3,4)10-6-12(23)14(25)16(27)18(10)29-21/h5-6,22-27H,7-8H2,1-4H3. The van der Waals surface area contributed by atoms with Crippen molar-refractivity contribution in [3.8, 4) is 46.0 Å².